The Kier molecular flexibility index (Phi) is 10.6. The first-order valence-electron chi connectivity index (χ1n) is 9.37. The van der Waals surface area contributed by atoms with Gasteiger partial charge in [-0.05, 0) is 18.4 Å². The van der Waals surface area contributed by atoms with Crippen LogP contribution < -0.4 is 10.6 Å². The maximum atomic E-state index is 12.5. The minimum Gasteiger partial charge on any atom is -0.467 e. The fraction of sp³-hybridized carbons (Fsp3) is 0.550. The molecule has 2 N–H and O–H groups in total. The molecule has 2 atom stereocenters. The predicted molar refractivity (Wildman–Crippen MR) is 102 cm³/mol. The van der Waals surface area contributed by atoms with Crippen molar-refractivity contribution in [3.8, 4) is 0 Å². The molecule has 0 aliphatic rings. The molecule has 0 aliphatic heterocycles. The highest BCUT2D eigenvalue weighted by Gasteiger charge is 2.26. The van der Waals surface area contributed by atoms with Crippen molar-refractivity contribution in [3.63, 3.8) is 0 Å². The van der Waals surface area contributed by atoms with E-state index in [0.29, 0.717) is 19.3 Å². The molecule has 2 amide bonds. The summed E-state index contributed by atoms with van der Waals surface area (Å²) in [5.74, 6) is -0.904. The first-order valence-corrected chi connectivity index (χ1v) is 9.37. The van der Waals surface area contributed by atoms with Gasteiger partial charge in [-0.15, -0.1) is 0 Å². The highest BCUT2D eigenvalue weighted by Crippen LogP contribution is 2.06. The van der Waals surface area contributed by atoms with Crippen LogP contribution in [0.2, 0.25) is 0 Å². The molecule has 0 unspecified atom stereocenters. The van der Waals surface area contributed by atoms with Gasteiger partial charge in [0, 0.05) is 0 Å². The van der Waals surface area contributed by atoms with Gasteiger partial charge in [0.25, 0.3) is 0 Å². The lowest BCUT2D eigenvalue weighted by atomic mass is 10.1. The highest BCUT2D eigenvalue weighted by atomic mass is 16.5. The molecule has 7 heteroatoms. The quantitative estimate of drug-likeness (QED) is 0.578. The van der Waals surface area contributed by atoms with Crippen LogP contribution in [0.1, 0.15) is 51.5 Å². The standard InChI is InChI=1S/C20H30N2O5/c1-4-6-13-17(19(24)26-3)21-18(23)16(10-5-2)22-20(25)27-14-15-11-8-7-9-12-15/h7-9,11-12,16-17H,4-6,10,13-14H2,1-3H3,(H,21,23)(H,22,25)/t16-,17-/m0/s1. The van der Waals surface area contributed by atoms with Gasteiger partial charge in [0.15, 0.2) is 0 Å². The third kappa shape index (κ3) is 8.57. The minimum atomic E-state index is -0.771. The molecule has 0 heterocycles. The molecule has 0 aliphatic carbocycles. The number of hydrogen-bond acceptors (Lipinski definition) is 5. The minimum absolute atomic E-state index is 0.119. The van der Waals surface area contributed by atoms with Gasteiger partial charge in [-0.1, -0.05) is 63.4 Å². The Balaban J connectivity index is 2.61. The van der Waals surface area contributed by atoms with Crippen molar-refractivity contribution in [2.24, 2.45) is 0 Å². The SMILES string of the molecule is CCCC[C@H](NC(=O)[C@H](CCC)NC(=O)OCc1ccccc1)C(=O)OC. The van der Waals surface area contributed by atoms with Gasteiger partial charge in [-0.3, -0.25) is 4.79 Å². The summed E-state index contributed by atoms with van der Waals surface area (Å²) in [7, 11) is 1.29. The second-order valence-corrected chi connectivity index (χ2v) is 6.27. The summed E-state index contributed by atoms with van der Waals surface area (Å²) in [6.45, 7) is 4.03. The molecule has 1 rings (SSSR count). The zero-order valence-corrected chi connectivity index (χ0v) is 16.3. The Morgan fingerprint density at radius 1 is 0.963 bits per heavy atom. The number of nitrogens with one attached hydrogen (secondary N) is 2. The molecule has 7 nitrogen and oxygen atoms in total. The summed E-state index contributed by atoms with van der Waals surface area (Å²) in [6.07, 6.45) is 2.63. The van der Waals surface area contributed by atoms with E-state index in [4.69, 9.17) is 9.47 Å². The van der Waals surface area contributed by atoms with E-state index in [1.807, 2.05) is 44.2 Å². The van der Waals surface area contributed by atoms with Crippen molar-refractivity contribution in [2.45, 2.75) is 64.6 Å². The fourth-order valence-electron chi connectivity index (χ4n) is 2.54. The Bertz CT molecular complexity index is 591. The van der Waals surface area contributed by atoms with Gasteiger partial charge in [-0.2, -0.15) is 0 Å². The zero-order chi connectivity index (χ0) is 20.1. The molecular formula is C20H30N2O5. The predicted octanol–water partition coefficient (Wildman–Crippen LogP) is 2.93. The number of hydrogen-bond donors (Lipinski definition) is 2. The zero-order valence-electron chi connectivity index (χ0n) is 16.3. The van der Waals surface area contributed by atoms with Crippen molar-refractivity contribution in [1.29, 1.82) is 0 Å². The maximum absolute atomic E-state index is 12.5. The summed E-state index contributed by atoms with van der Waals surface area (Å²) >= 11 is 0. The van der Waals surface area contributed by atoms with E-state index in [9.17, 15) is 14.4 Å². The summed E-state index contributed by atoms with van der Waals surface area (Å²) in [4.78, 5) is 36.5. The number of rotatable bonds is 11. The smallest absolute Gasteiger partial charge is 0.408 e. The average Bonchev–Trinajstić information content (AvgIpc) is 2.69. The van der Waals surface area contributed by atoms with E-state index in [0.717, 1.165) is 18.4 Å². The molecule has 0 bridgehead atoms. The number of carbonyl (C=O) groups is 3. The number of methoxy groups -OCH3 is 1. The van der Waals surface area contributed by atoms with Crippen molar-refractivity contribution >= 4 is 18.0 Å². The second kappa shape index (κ2) is 12.7. The van der Waals surface area contributed by atoms with Crippen molar-refractivity contribution < 1.29 is 23.9 Å². The number of esters is 1. The molecule has 0 radical (unpaired) electrons. The van der Waals surface area contributed by atoms with E-state index in [2.05, 4.69) is 10.6 Å². The fourth-order valence-corrected chi connectivity index (χ4v) is 2.54. The van der Waals surface area contributed by atoms with Crippen LogP contribution in [0, 0.1) is 0 Å². The van der Waals surface area contributed by atoms with Gasteiger partial charge in [-0.25, -0.2) is 9.59 Å². The van der Waals surface area contributed by atoms with Crippen LogP contribution in [-0.4, -0.2) is 37.2 Å². The highest BCUT2D eigenvalue weighted by molar-refractivity contribution is 5.89. The lowest BCUT2D eigenvalue weighted by Crippen LogP contribution is -2.51. The Morgan fingerprint density at radius 3 is 2.26 bits per heavy atom. The Hall–Kier alpha value is -2.57. The summed E-state index contributed by atoms with van der Waals surface area (Å²) < 4.78 is 9.92. The van der Waals surface area contributed by atoms with Gasteiger partial charge in [0.05, 0.1) is 7.11 Å². The average molecular weight is 378 g/mol. The summed E-state index contributed by atoms with van der Waals surface area (Å²) in [5, 5.41) is 5.26. The van der Waals surface area contributed by atoms with Crippen LogP contribution in [-0.2, 0) is 25.7 Å². The van der Waals surface area contributed by atoms with Gasteiger partial charge < -0.3 is 20.1 Å². The normalized spacial score (nSPS) is 12.6. The molecule has 0 aromatic heterocycles. The number of amides is 2. The molecule has 0 spiro atoms. The third-order valence-electron chi connectivity index (χ3n) is 4.05. The largest absolute Gasteiger partial charge is 0.467 e. The van der Waals surface area contributed by atoms with Crippen LogP contribution in [0.4, 0.5) is 4.79 Å². The lowest BCUT2D eigenvalue weighted by molar-refractivity contribution is -0.145. The van der Waals surface area contributed by atoms with Crippen LogP contribution >= 0.6 is 0 Å². The number of alkyl carbamates (subject to hydrolysis) is 1. The lowest BCUT2D eigenvalue weighted by Gasteiger charge is -2.21. The first-order chi connectivity index (χ1) is 13.0. The van der Waals surface area contributed by atoms with Crippen molar-refractivity contribution in [1.82, 2.24) is 10.6 Å². The van der Waals surface area contributed by atoms with Crippen molar-refractivity contribution in [2.75, 3.05) is 7.11 Å². The Morgan fingerprint density at radius 2 is 1.67 bits per heavy atom. The molecular weight excluding hydrogens is 348 g/mol. The van der Waals surface area contributed by atoms with Gasteiger partial charge in [0.1, 0.15) is 18.7 Å². The third-order valence-corrected chi connectivity index (χ3v) is 4.05. The van der Waals surface area contributed by atoms with Crippen LogP contribution in [0.3, 0.4) is 0 Å². The number of benzene rings is 1. The monoisotopic (exact) mass is 378 g/mol. The molecule has 1 aromatic rings. The molecule has 0 saturated carbocycles. The van der Waals surface area contributed by atoms with Crippen LogP contribution in [0.5, 0.6) is 0 Å². The Labute approximate surface area is 160 Å². The van der Waals surface area contributed by atoms with E-state index >= 15 is 0 Å². The summed E-state index contributed by atoms with van der Waals surface area (Å²) in [5.41, 5.74) is 0.856. The number of carbonyl (C=O) groups excluding carboxylic acids is 3. The maximum Gasteiger partial charge on any atom is 0.408 e. The second-order valence-electron chi connectivity index (χ2n) is 6.27. The number of unbranched alkanes of at least 4 members (excludes halogenated alkanes) is 1. The molecule has 27 heavy (non-hydrogen) atoms. The van der Waals surface area contributed by atoms with Gasteiger partial charge in [0.2, 0.25) is 5.91 Å². The molecule has 0 fully saturated rings. The van der Waals surface area contributed by atoms with Crippen LogP contribution in [0.15, 0.2) is 30.3 Å². The van der Waals surface area contributed by atoms with E-state index in [1.165, 1.54) is 7.11 Å². The van der Waals surface area contributed by atoms with E-state index in [-0.39, 0.29) is 6.61 Å². The topological polar surface area (TPSA) is 93.7 Å². The van der Waals surface area contributed by atoms with E-state index < -0.39 is 30.1 Å². The molecule has 150 valence electrons. The molecule has 1 aromatic carbocycles. The van der Waals surface area contributed by atoms with Crippen LogP contribution in [0.25, 0.3) is 0 Å². The van der Waals surface area contributed by atoms with E-state index in [1.54, 1.807) is 0 Å². The first kappa shape index (κ1) is 22.5. The molecule has 0 saturated heterocycles. The number of ether oxygens (including phenoxy) is 2. The summed E-state index contributed by atoms with van der Waals surface area (Å²) in [6, 6.07) is 7.79. The van der Waals surface area contributed by atoms with Gasteiger partial charge >= 0.3 is 12.1 Å². The van der Waals surface area contributed by atoms with Crippen molar-refractivity contribution in [3.05, 3.63) is 35.9 Å².